The zero-order valence-corrected chi connectivity index (χ0v) is 14.5. The van der Waals surface area contributed by atoms with Crippen molar-refractivity contribution in [3.05, 3.63) is 22.7 Å². The third-order valence-corrected chi connectivity index (χ3v) is 4.53. The molecule has 120 valence electrons. The van der Waals surface area contributed by atoms with Crippen LogP contribution in [0.4, 0.5) is 5.95 Å². The lowest BCUT2D eigenvalue weighted by Gasteiger charge is -2.27. The van der Waals surface area contributed by atoms with Crippen molar-refractivity contribution in [2.45, 2.75) is 6.92 Å². The molecule has 1 saturated heterocycles. The summed E-state index contributed by atoms with van der Waals surface area (Å²) in [4.78, 5) is 15.1. The highest BCUT2D eigenvalue weighted by atomic mass is 79.9. The first-order valence-electron chi connectivity index (χ1n) is 7.83. The molecule has 0 saturated carbocycles. The van der Waals surface area contributed by atoms with Gasteiger partial charge in [0.25, 0.3) is 0 Å². The van der Waals surface area contributed by atoms with Crippen molar-refractivity contribution in [2.75, 3.05) is 37.7 Å². The van der Waals surface area contributed by atoms with Gasteiger partial charge < -0.3 is 19.9 Å². The van der Waals surface area contributed by atoms with Crippen molar-refractivity contribution in [1.29, 1.82) is 0 Å². The lowest BCUT2D eigenvalue weighted by atomic mass is 10.2. The van der Waals surface area contributed by atoms with Gasteiger partial charge in [-0.1, -0.05) is 15.9 Å². The molecule has 0 amide bonds. The minimum absolute atomic E-state index is 0.576. The number of aromatic amines is 1. The summed E-state index contributed by atoms with van der Waals surface area (Å²) in [6.45, 7) is 6.26. The second-order valence-electron chi connectivity index (χ2n) is 5.54. The standard InChI is InChI=1S/C16H18BrN5O/c1-2-23-15-14-13(11-4-3-10(17)9-12(11)19-14)20-16(21-15)22-7-5-18-6-8-22/h3-4,9,18-19H,2,5-8H2,1H3. The van der Waals surface area contributed by atoms with Crippen LogP contribution in [-0.4, -0.2) is 47.7 Å². The first-order chi connectivity index (χ1) is 11.3. The maximum Gasteiger partial charge on any atom is 0.243 e. The third kappa shape index (κ3) is 2.64. The molecule has 0 aliphatic carbocycles. The molecular weight excluding hydrogens is 358 g/mol. The number of nitrogens with zero attached hydrogens (tertiary/aromatic N) is 3. The van der Waals surface area contributed by atoms with Gasteiger partial charge in [-0.25, -0.2) is 4.98 Å². The second kappa shape index (κ2) is 5.98. The van der Waals surface area contributed by atoms with Crippen LogP contribution >= 0.6 is 15.9 Å². The molecule has 1 aromatic carbocycles. The van der Waals surface area contributed by atoms with Crippen LogP contribution in [0.2, 0.25) is 0 Å². The van der Waals surface area contributed by atoms with Crippen LogP contribution in [0.25, 0.3) is 21.9 Å². The summed E-state index contributed by atoms with van der Waals surface area (Å²) in [6.07, 6.45) is 0. The molecule has 6 nitrogen and oxygen atoms in total. The van der Waals surface area contributed by atoms with E-state index in [4.69, 9.17) is 9.72 Å². The maximum absolute atomic E-state index is 5.77. The topological polar surface area (TPSA) is 66.1 Å². The smallest absolute Gasteiger partial charge is 0.243 e. The van der Waals surface area contributed by atoms with Crippen LogP contribution in [-0.2, 0) is 0 Å². The predicted molar refractivity (Wildman–Crippen MR) is 95.3 cm³/mol. The molecule has 1 aliphatic rings. The van der Waals surface area contributed by atoms with E-state index in [-0.39, 0.29) is 0 Å². The van der Waals surface area contributed by atoms with Gasteiger partial charge in [0.15, 0.2) is 0 Å². The monoisotopic (exact) mass is 375 g/mol. The van der Waals surface area contributed by atoms with Crippen molar-refractivity contribution in [2.24, 2.45) is 0 Å². The molecule has 0 unspecified atom stereocenters. The molecule has 4 rings (SSSR count). The van der Waals surface area contributed by atoms with Crippen molar-refractivity contribution < 1.29 is 4.74 Å². The number of nitrogens with one attached hydrogen (secondary N) is 2. The Bertz CT molecular complexity index is 856. The normalized spacial score (nSPS) is 15.5. The Hall–Kier alpha value is -1.86. The molecule has 2 N–H and O–H groups in total. The number of fused-ring (bicyclic) bond motifs is 3. The minimum Gasteiger partial charge on any atom is -0.476 e. The molecule has 23 heavy (non-hydrogen) atoms. The van der Waals surface area contributed by atoms with E-state index < -0.39 is 0 Å². The van der Waals surface area contributed by atoms with Crippen molar-refractivity contribution in [1.82, 2.24) is 20.3 Å². The summed E-state index contributed by atoms with van der Waals surface area (Å²) in [5, 5.41) is 4.44. The number of piperazine rings is 1. The summed E-state index contributed by atoms with van der Waals surface area (Å²) in [7, 11) is 0. The predicted octanol–water partition coefficient (Wildman–Crippen LogP) is 2.68. The third-order valence-electron chi connectivity index (χ3n) is 4.04. The fourth-order valence-electron chi connectivity index (χ4n) is 2.94. The first-order valence-corrected chi connectivity index (χ1v) is 8.63. The van der Waals surface area contributed by atoms with E-state index >= 15 is 0 Å². The Labute approximate surface area is 142 Å². The molecule has 1 aliphatic heterocycles. The summed E-state index contributed by atoms with van der Waals surface area (Å²) >= 11 is 3.51. The van der Waals surface area contributed by atoms with Gasteiger partial charge in [-0.05, 0) is 25.1 Å². The highest BCUT2D eigenvalue weighted by Gasteiger charge is 2.19. The number of aromatic nitrogens is 3. The van der Waals surface area contributed by atoms with E-state index in [1.165, 1.54) is 0 Å². The lowest BCUT2D eigenvalue weighted by molar-refractivity contribution is 0.330. The Morgan fingerprint density at radius 1 is 1.26 bits per heavy atom. The molecule has 7 heteroatoms. The summed E-state index contributed by atoms with van der Waals surface area (Å²) in [6, 6.07) is 6.16. The minimum atomic E-state index is 0.576. The molecule has 1 fully saturated rings. The molecule has 3 aromatic rings. The van der Waals surface area contributed by atoms with Crippen LogP contribution in [0.3, 0.4) is 0 Å². The number of hydrogen-bond acceptors (Lipinski definition) is 5. The van der Waals surface area contributed by atoms with Gasteiger partial charge in [0, 0.05) is 41.6 Å². The zero-order chi connectivity index (χ0) is 15.8. The number of anilines is 1. The van der Waals surface area contributed by atoms with E-state index in [0.717, 1.165) is 58.5 Å². The Morgan fingerprint density at radius 3 is 2.87 bits per heavy atom. The van der Waals surface area contributed by atoms with Gasteiger partial charge in [0.1, 0.15) is 11.0 Å². The van der Waals surface area contributed by atoms with Crippen LogP contribution in [0.15, 0.2) is 22.7 Å². The van der Waals surface area contributed by atoms with Crippen LogP contribution in [0, 0.1) is 0 Å². The van der Waals surface area contributed by atoms with Crippen molar-refractivity contribution in [3.63, 3.8) is 0 Å². The van der Waals surface area contributed by atoms with E-state index in [0.29, 0.717) is 12.5 Å². The first kappa shape index (κ1) is 14.7. The largest absolute Gasteiger partial charge is 0.476 e. The molecule has 0 radical (unpaired) electrons. The number of benzene rings is 1. The highest BCUT2D eigenvalue weighted by Crippen LogP contribution is 2.32. The van der Waals surface area contributed by atoms with E-state index in [2.05, 4.69) is 48.2 Å². The molecule has 0 atom stereocenters. The quantitative estimate of drug-likeness (QED) is 0.736. The highest BCUT2D eigenvalue weighted by molar-refractivity contribution is 9.10. The van der Waals surface area contributed by atoms with E-state index in [9.17, 15) is 0 Å². The molecule has 3 heterocycles. The zero-order valence-electron chi connectivity index (χ0n) is 12.9. The maximum atomic E-state index is 5.77. The van der Waals surface area contributed by atoms with Gasteiger partial charge in [0.2, 0.25) is 11.8 Å². The van der Waals surface area contributed by atoms with Crippen LogP contribution < -0.4 is 15.0 Å². The molecule has 0 bridgehead atoms. The average Bonchev–Trinajstić information content (AvgIpc) is 2.93. The van der Waals surface area contributed by atoms with E-state index in [1.807, 2.05) is 13.0 Å². The lowest BCUT2D eigenvalue weighted by Crippen LogP contribution is -2.44. The van der Waals surface area contributed by atoms with Crippen molar-refractivity contribution >= 4 is 43.8 Å². The van der Waals surface area contributed by atoms with Gasteiger partial charge in [-0.15, -0.1) is 0 Å². The summed E-state index contributed by atoms with van der Waals surface area (Å²) < 4.78 is 6.81. The average molecular weight is 376 g/mol. The molecular formula is C16H18BrN5O. The Balaban J connectivity index is 1.93. The number of halogens is 1. The van der Waals surface area contributed by atoms with Gasteiger partial charge in [-0.3, -0.25) is 0 Å². The van der Waals surface area contributed by atoms with Crippen LogP contribution in [0.1, 0.15) is 6.92 Å². The number of hydrogen-bond donors (Lipinski definition) is 2. The summed E-state index contributed by atoms with van der Waals surface area (Å²) in [5.74, 6) is 1.37. The SMILES string of the molecule is CCOc1nc(N2CCNCC2)nc2c1[nH]c1cc(Br)ccc12. The number of H-pyrrole nitrogens is 1. The van der Waals surface area contributed by atoms with E-state index in [1.54, 1.807) is 0 Å². The van der Waals surface area contributed by atoms with Gasteiger partial charge in [-0.2, -0.15) is 4.98 Å². The molecule has 0 spiro atoms. The van der Waals surface area contributed by atoms with Gasteiger partial charge in [0.05, 0.1) is 6.61 Å². The summed E-state index contributed by atoms with van der Waals surface area (Å²) in [5.41, 5.74) is 2.81. The Kier molecular flexibility index (Phi) is 3.82. The molecule has 2 aromatic heterocycles. The van der Waals surface area contributed by atoms with Crippen LogP contribution in [0.5, 0.6) is 5.88 Å². The van der Waals surface area contributed by atoms with Crippen molar-refractivity contribution in [3.8, 4) is 5.88 Å². The van der Waals surface area contributed by atoms with Gasteiger partial charge >= 0.3 is 0 Å². The Morgan fingerprint density at radius 2 is 2.09 bits per heavy atom. The fourth-order valence-corrected chi connectivity index (χ4v) is 3.31. The second-order valence-corrected chi connectivity index (χ2v) is 6.45. The number of rotatable bonds is 3. The number of ether oxygens (including phenoxy) is 1. The fraction of sp³-hybridized carbons (Fsp3) is 0.375.